The number of aliphatic hydroxyl groups is 1. The van der Waals surface area contributed by atoms with Crippen LogP contribution in [0.15, 0.2) is 12.2 Å². The molecule has 1 saturated heterocycles. The molecule has 0 bridgehead atoms. The third-order valence-corrected chi connectivity index (χ3v) is 15.6. The molecule has 1 heterocycles. The van der Waals surface area contributed by atoms with Gasteiger partial charge in [-0.05, 0) is 95.3 Å². The van der Waals surface area contributed by atoms with Crippen LogP contribution in [0.3, 0.4) is 0 Å². The van der Waals surface area contributed by atoms with Crippen molar-refractivity contribution in [3.05, 3.63) is 12.2 Å². The van der Waals surface area contributed by atoms with Gasteiger partial charge in [0.15, 0.2) is 0 Å². The van der Waals surface area contributed by atoms with Crippen LogP contribution in [0, 0.1) is 35.5 Å². The van der Waals surface area contributed by atoms with Crippen molar-refractivity contribution in [1.29, 1.82) is 0 Å². The summed E-state index contributed by atoms with van der Waals surface area (Å²) in [7, 11) is 9.78. The quantitative estimate of drug-likeness (QED) is 0.166. The SMILES string of the molecule is C/C=C/CC(C)C(O)C1C(=O)NC(CC)C(=O)N(C)CC(=O)N(C)C(CC(C)C)C(=O)NC(C(C)C)C(=O)N(C)C(CC(C)C)C(=O)NC(C)C(=O)NC(C)C(=O)N(C)C(C)C(=O)N(C)C(CC(C)C)C(=O)N(C)C(C(C)C)C(=O)N1C. The number of hydrogen-bond acceptors (Lipinski definition) is 12. The van der Waals surface area contributed by atoms with E-state index in [9.17, 15) is 53.1 Å². The van der Waals surface area contributed by atoms with Crippen LogP contribution in [0.4, 0.5) is 0 Å². The first kappa shape index (κ1) is 73.9. The lowest BCUT2D eigenvalue weighted by atomic mass is 9.91. The lowest BCUT2D eigenvalue weighted by Crippen LogP contribution is -2.63. The second kappa shape index (κ2) is 33.2. The van der Waals surface area contributed by atoms with Gasteiger partial charge in [-0.1, -0.05) is 95.2 Å². The van der Waals surface area contributed by atoms with Crippen LogP contribution in [-0.2, 0) is 52.7 Å². The van der Waals surface area contributed by atoms with Crippen LogP contribution in [0.1, 0.15) is 143 Å². The highest BCUT2D eigenvalue weighted by Crippen LogP contribution is 2.25. The molecule has 0 spiro atoms. The fraction of sp³-hybridized carbons (Fsp3) is 0.780. The molecule has 1 aliphatic heterocycles. The van der Waals surface area contributed by atoms with Crippen LogP contribution in [0.5, 0.6) is 0 Å². The Morgan fingerprint density at radius 1 is 0.488 bits per heavy atom. The second-order valence-corrected chi connectivity index (χ2v) is 24.6. The Hall–Kier alpha value is -6.13. The van der Waals surface area contributed by atoms with Crippen molar-refractivity contribution in [3.63, 3.8) is 0 Å². The van der Waals surface area contributed by atoms with Gasteiger partial charge in [-0.25, -0.2) is 0 Å². The molecule has 0 radical (unpaired) electrons. The molecule has 11 amide bonds. The maximum absolute atomic E-state index is 15.0. The highest BCUT2D eigenvalue weighted by Gasteiger charge is 2.45. The molecule has 0 aliphatic carbocycles. The molecule has 0 aromatic rings. The van der Waals surface area contributed by atoms with E-state index >= 15 is 4.79 Å². The van der Waals surface area contributed by atoms with E-state index in [0.717, 1.165) is 14.7 Å². The second-order valence-electron chi connectivity index (χ2n) is 24.6. The van der Waals surface area contributed by atoms with Gasteiger partial charge >= 0.3 is 0 Å². The molecular weight excluding hydrogens is 1050 g/mol. The lowest BCUT2D eigenvalue weighted by Gasteiger charge is -2.41. The van der Waals surface area contributed by atoms with E-state index in [-0.39, 0.29) is 43.4 Å². The summed E-state index contributed by atoms with van der Waals surface area (Å²) in [5.74, 6) is -9.65. The molecule has 5 N–H and O–H groups in total. The number of nitrogens with zero attached hydrogens (tertiary/aromatic N) is 7. The van der Waals surface area contributed by atoms with Gasteiger partial charge in [0, 0.05) is 49.3 Å². The predicted molar refractivity (Wildman–Crippen MR) is 315 cm³/mol. The summed E-state index contributed by atoms with van der Waals surface area (Å²) in [4.78, 5) is 166. The number of hydrogen-bond donors (Lipinski definition) is 5. The first-order valence-corrected chi connectivity index (χ1v) is 29.2. The van der Waals surface area contributed by atoms with E-state index in [1.165, 1.54) is 89.7 Å². The van der Waals surface area contributed by atoms with Gasteiger partial charge in [0.25, 0.3) is 0 Å². The standard InChI is InChI=1S/C59H105N11O12/c1-24-26-27-37(13)49(72)48-53(76)62-41(25-2)56(79)64(17)31-45(71)66(19)42(28-32(3)4)52(75)63-46(35(9)10)58(81)67(20)43(29-33(5)6)51(74)60-38(14)50(73)61-39(15)54(77)65(18)40(16)55(78)68(21)44(30-34(7)8)57(80)69(22)47(36(11)12)59(82)70(48)23/h24,26,32-44,46-49,72H,25,27-31H2,1-23H3,(H,60,74)(H,61,73)(H,62,76)(H,63,75)/b26-24+. The molecular formula is C59H105N11O12. The van der Waals surface area contributed by atoms with Gasteiger partial charge in [-0.15, -0.1) is 0 Å². The Kier molecular flexibility index (Phi) is 29.9. The summed E-state index contributed by atoms with van der Waals surface area (Å²) in [6.45, 7) is 26.9. The Labute approximate surface area is 489 Å². The van der Waals surface area contributed by atoms with Gasteiger partial charge < -0.3 is 60.7 Å². The molecule has 468 valence electrons. The van der Waals surface area contributed by atoms with E-state index in [1.54, 1.807) is 60.6 Å². The maximum Gasteiger partial charge on any atom is 0.246 e. The molecule has 1 aliphatic rings. The van der Waals surface area contributed by atoms with E-state index in [1.807, 2.05) is 41.5 Å². The number of carbonyl (C=O) groups is 11. The fourth-order valence-electron chi connectivity index (χ4n) is 10.1. The molecule has 0 saturated carbocycles. The first-order valence-electron chi connectivity index (χ1n) is 29.2. The van der Waals surface area contributed by atoms with E-state index in [0.29, 0.717) is 6.42 Å². The van der Waals surface area contributed by atoms with Crippen molar-refractivity contribution >= 4 is 65.0 Å². The van der Waals surface area contributed by atoms with Gasteiger partial charge in [0.1, 0.15) is 60.4 Å². The van der Waals surface area contributed by atoms with Crippen LogP contribution >= 0.6 is 0 Å². The molecule has 1 rings (SSSR count). The Balaban J connectivity index is 4.21. The number of carbonyl (C=O) groups excluding carboxylic acids is 11. The van der Waals surface area contributed by atoms with Crippen molar-refractivity contribution in [2.24, 2.45) is 35.5 Å². The van der Waals surface area contributed by atoms with Gasteiger partial charge in [-0.3, -0.25) is 52.7 Å². The highest BCUT2D eigenvalue weighted by atomic mass is 16.3. The summed E-state index contributed by atoms with van der Waals surface area (Å²) < 4.78 is 0. The molecule has 0 aromatic heterocycles. The third-order valence-electron chi connectivity index (χ3n) is 15.6. The van der Waals surface area contributed by atoms with Crippen LogP contribution in [0.2, 0.25) is 0 Å². The van der Waals surface area contributed by atoms with Gasteiger partial charge in [0.05, 0.1) is 12.6 Å². The van der Waals surface area contributed by atoms with E-state index in [2.05, 4.69) is 21.3 Å². The molecule has 12 unspecified atom stereocenters. The number of rotatable bonds is 13. The Bertz CT molecular complexity index is 2260. The molecule has 12 atom stereocenters. The Morgan fingerprint density at radius 2 is 0.951 bits per heavy atom. The third kappa shape index (κ3) is 20.1. The largest absolute Gasteiger partial charge is 0.390 e. The fourth-order valence-corrected chi connectivity index (χ4v) is 10.1. The zero-order valence-electron chi connectivity index (χ0n) is 53.8. The summed E-state index contributed by atoms with van der Waals surface area (Å²) in [5, 5.41) is 22.9. The van der Waals surface area contributed by atoms with E-state index in [4.69, 9.17) is 0 Å². The minimum Gasteiger partial charge on any atom is -0.390 e. The van der Waals surface area contributed by atoms with Crippen molar-refractivity contribution in [3.8, 4) is 0 Å². The molecule has 23 nitrogen and oxygen atoms in total. The first-order chi connectivity index (χ1) is 37.8. The van der Waals surface area contributed by atoms with Crippen molar-refractivity contribution in [1.82, 2.24) is 55.6 Å². The minimum atomic E-state index is -1.61. The molecule has 1 fully saturated rings. The number of amides is 11. The van der Waals surface area contributed by atoms with Crippen LogP contribution in [0.25, 0.3) is 0 Å². The summed E-state index contributed by atoms with van der Waals surface area (Å²) in [5.41, 5.74) is 0. The number of allylic oxidation sites excluding steroid dienone is 2. The minimum absolute atomic E-state index is 0.0235. The number of aliphatic hydroxyl groups excluding tert-OH is 1. The van der Waals surface area contributed by atoms with Gasteiger partial charge in [0.2, 0.25) is 65.0 Å². The van der Waals surface area contributed by atoms with E-state index < -0.39 is 156 Å². The zero-order valence-corrected chi connectivity index (χ0v) is 53.8. The van der Waals surface area contributed by atoms with Gasteiger partial charge in [-0.2, -0.15) is 0 Å². The average molecular weight is 1160 g/mol. The van der Waals surface area contributed by atoms with Crippen LogP contribution < -0.4 is 21.3 Å². The number of likely N-dealkylation sites (N-methyl/N-ethyl adjacent to an activating group) is 7. The summed E-state index contributed by atoms with van der Waals surface area (Å²) in [6, 6.07) is -12.3. The average Bonchev–Trinajstić information content (AvgIpc) is 3.59. The van der Waals surface area contributed by atoms with Crippen molar-refractivity contribution < 1.29 is 57.8 Å². The molecule has 23 heteroatoms. The monoisotopic (exact) mass is 1160 g/mol. The van der Waals surface area contributed by atoms with Crippen LogP contribution in [-0.4, -0.2) is 227 Å². The Morgan fingerprint density at radius 3 is 1.43 bits per heavy atom. The molecule has 0 aromatic carbocycles. The van der Waals surface area contributed by atoms with Crippen molar-refractivity contribution in [2.75, 3.05) is 55.9 Å². The normalized spacial score (nSPS) is 27.4. The molecule has 82 heavy (non-hydrogen) atoms. The predicted octanol–water partition coefficient (Wildman–Crippen LogP) is 2.24. The summed E-state index contributed by atoms with van der Waals surface area (Å²) in [6.07, 6.45) is 2.88. The summed E-state index contributed by atoms with van der Waals surface area (Å²) >= 11 is 0. The topological polar surface area (TPSA) is 279 Å². The smallest absolute Gasteiger partial charge is 0.246 e. The maximum atomic E-state index is 15.0. The number of nitrogens with one attached hydrogen (secondary N) is 4. The van der Waals surface area contributed by atoms with Crippen molar-refractivity contribution in [2.45, 2.75) is 209 Å². The lowest BCUT2D eigenvalue weighted by molar-refractivity contribution is -0.157. The highest BCUT2D eigenvalue weighted by molar-refractivity contribution is 5.99. The zero-order chi connectivity index (χ0) is 63.7.